The molecule has 1 saturated carbocycles. The number of hydrogen-bond donors (Lipinski definition) is 8. The number of benzene rings is 4. The van der Waals surface area contributed by atoms with E-state index < -0.39 is 11.9 Å². The average molecular weight is 2050 g/mol. The van der Waals surface area contributed by atoms with Gasteiger partial charge in [0.15, 0.2) is 49.7 Å². The molecule has 144 heavy (non-hydrogen) atoms. The molecule has 768 valence electrons. The summed E-state index contributed by atoms with van der Waals surface area (Å²) < 4.78 is 58.0. The van der Waals surface area contributed by atoms with Gasteiger partial charge in [0.2, 0.25) is 0 Å². The zero-order valence-corrected chi connectivity index (χ0v) is 86.6. The Hall–Kier alpha value is -12.9. The van der Waals surface area contributed by atoms with Crippen LogP contribution in [0.4, 0.5) is 87.4 Å². The van der Waals surface area contributed by atoms with E-state index in [1.807, 2.05) is 149 Å². The summed E-state index contributed by atoms with van der Waals surface area (Å²) in [6.07, 6.45) is 4.30. The molecule has 0 radical (unpaired) electrons. The zero-order valence-electron chi connectivity index (χ0n) is 83.4. The smallest absolute Gasteiger partial charge is 0.354 e. The van der Waals surface area contributed by atoms with E-state index in [9.17, 15) is 17.6 Å². The lowest BCUT2D eigenvalue weighted by molar-refractivity contribution is -0.141. The first-order valence-corrected chi connectivity index (χ1v) is 51.9. The van der Waals surface area contributed by atoms with Crippen molar-refractivity contribution in [3.63, 3.8) is 0 Å². The normalized spacial score (nSPS) is 16.3. The van der Waals surface area contributed by atoms with Crippen molar-refractivity contribution in [1.82, 2.24) is 134 Å². The fourth-order valence-electron chi connectivity index (χ4n) is 18.3. The highest BCUT2D eigenvalue weighted by atomic mass is 32.2. The number of aromatic nitrogens is 22. The van der Waals surface area contributed by atoms with Crippen LogP contribution < -0.4 is 40.9 Å². The van der Waals surface area contributed by atoms with Gasteiger partial charge in [-0.05, 0) is 248 Å². The second-order valence-electron chi connectivity index (χ2n) is 39.3. The van der Waals surface area contributed by atoms with Crippen molar-refractivity contribution < 1.29 is 29.0 Å². The Labute approximate surface area is 862 Å². The molecule has 12 aromatic heterocycles. The van der Waals surface area contributed by atoms with Crippen LogP contribution in [0.5, 0.6) is 0 Å². The Morgan fingerprint density at radius 2 is 0.750 bits per heavy atom. The third kappa shape index (κ3) is 25.4. The van der Waals surface area contributed by atoms with E-state index in [4.69, 9.17) is 39.9 Å². The van der Waals surface area contributed by atoms with Gasteiger partial charge in [-0.15, -0.1) is 0 Å². The van der Waals surface area contributed by atoms with E-state index in [0.29, 0.717) is 60.8 Å². The Morgan fingerprint density at radius 3 is 1.17 bits per heavy atom. The van der Waals surface area contributed by atoms with Crippen LogP contribution in [0.25, 0.3) is 43.7 Å². The van der Waals surface area contributed by atoms with E-state index in [2.05, 4.69) is 205 Å². The predicted molar refractivity (Wildman–Crippen MR) is 581 cm³/mol. The summed E-state index contributed by atoms with van der Waals surface area (Å²) in [4.78, 5) is 76.8. The number of likely N-dealkylation sites (tertiary alicyclic amines) is 1. The van der Waals surface area contributed by atoms with Crippen LogP contribution in [0.3, 0.4) is 0 Å². The summed E-state index contributed by atoms with van der Waals surface area (Å²) in [5.41, 5.74) is 7.96. The highest BCUT2D eigenvalue weighted by molar-refractivity contribution is 8.00. The monoisotopic (exact) mass is 2040 g/mol. The molecule has 0 spiro atoms. The number of fused-ring (bicyclic) bond motifs is 4. The first-order chi connectivity index (χ1) is 69.2. The molecule has 16 aromatic rings. The molecule has 6 aliphatic rings. The highest BCUT2D eigenvalue weighted by Gasteiger charge is 2.36. The molecular weight excluding hydrogens is 1910 g/mol. The quantitative estimate of drug-likeness (QED) is 0.0231. The van der Waals surface area contributed by atoms with Crippen LogP contribution in [0.2, 0.25) is 0 Å². The number of halogens is 4. The molecule has 0 unspecified atom stereocenters. The van der Waals surface area contributed by atoms with Crippen LogP contribution in [0.15, 0.2) is 192 Å². The molecule has 17 heterocycles. The molecule has 35 nitrogen and oxygen atoms in total. The summed E-state index contributed by atoms with van der Waals surface area (Å²) in [5.74, 6) is 8.82. The summed E-state index contributed by atoms with van der Waals surface area (Å²) in [6.45, 7) is 41.0. The number of anilines is 12. The SMILES string of the molecule is Cc1cc(Nc2cc(N3CCN(C(C)(C)C)CC3)nc(Sc3ccc4c(cnn4C)c3)n2)n[nH]1.Cc1cc(Nc2cc(N3CCN(C(C)(C)C)CC3)nc(Sc3ccc4ncn(C)c4c3)n2)n[nH]1.Cc1cc(Nc2cc(N3CCN(C4CCN(C)CC4)CC3)nc(Sc3ccc4nc(C(F)(F)F)ccc4c3)n2)n[nH]1.Cc1ccc2cc(Sc3nc(Nc4cc(C)[nH]n4)cc(N4CCN(C5CC5)CC4)n3)cc(F)c2n1.[HH].[HH].[HH].[HH].[HH].[HH].[HH].[HH]. The molecule has 22 rings (SSSR count). The number of imidazole rings is 1. The fraction of sp³-hybridized carbons (Fsp3) is 0.406. The van der Waals surface area contributed by atoms with Gasteiger partial charge in [0.25, 0.3) is 0 Å². The van der Waals surface area contributed by atoms with Gasteiger partial charge in [0.1, 0.15) is 57.8 Å². The molecule has 0 atom stereocenters. The maximum absolute atomic E-state index is 14.8. The second kappa shape index (κ2) is 43.2. The molecule has 0 amide bonds. The minimum Gasteiger partial charge on any atom is -0.354 e. The van der Waals surface area contributed by atoms with Gasteiger partial charge in [0.05, 0.1) is 34.6 Å². The van der Waals surface area contributed by atoms with Crippen molar-refractivity contribution in [3.05, 3.63) is 192 Å². The van der Waals surface area contributed by atoms with Crippen molar-refractivity contribution in [2.24, 2.45) is 14.1 Å². The molecule has 1 aliphatic carbocycles. The molecule has 0 bridgehead atoms. The van der Waals surface area contributed by atoms with E-state index in [1.54, 1.807) is 35.7 Å². The predicted octanol–water partition coefficient (Wildman–Crippen LogP) is 20.3. The van der Waals surface area contributed by atoms with Gasteiger partial charge in [-0.1, -0.05) is 12.1 Å². The Morgan fingerprint density at radius 1 is 0.361 bits per heavy atom. The number of nitrogens with one attached hydrogen (secondary N) is 8. The third-order valence-electron chi connectivity index (χ3n) is 26.3. The number of aromatic amines is 4. The van der Waals surface area contributed by atoms with Gasteiger partial charge in [-0.3, -0.25) is 49.7 Å². The minimum absolute atomic E-state index is 0. The number of H-pyrrole nitrogens is 4. The molecule has 6 fully saturated rings. The van der Waals surface area contributed by atoms with E-state index in [-0.39, 0.29) is 33.8 Å². The molecule has 5 saturated heterocycles. The number of nitrogens with zero attached hydrogens (tertiary/aromatic N) is 27. The van der Waals surface area contributed by atoms with E-state index in [1.165, 1.54) is 61.3 Å². The fourth-order valence-corrected chi connectivity index (χ4v) is 21.6. The molecule has 8 N–H and O–H groups in total. The lowest BCUT2D eigenvalue weighted by Crippen LogP contribution is -2.53. The van der Waals surface area contributed by atoms with Crippen LogP contribution in [0, 0.1) is 40.4 Å². The van der Waals surface area contributed by atoms with Crippen LogP contribution in [0.1, 0.15) is 113 Å². The van der Waals surface area contributed by atoms with Gasteiger partial charge >= 0.3 is 6.18 Å². The van der Waals surface area contributed by atoms with E-state index >= 15 is 0 Å². The summed E-state index contributed by atoms with van der Waals surface area (Å²) in [7, 11) is 6.15. The number of piperazine rings is 4. The zero-order chi connectivity index (χ0) is 100. The minimum atomic E-state index is -4.48. The van der Waals surface area contributed by atoms with Crippen LogP contribution >= 0.6 is 47.0 Å². The summed E-state index contributed by atoms with van der Waals surface area (Å²) >= 11 is 5.83. The first kappa shape index (κ1) is 99.8. The largest absolute Gasteiger partial charge is 0.433 e. The number of piperidine rings is 1. The summed E-state index contributed by atoms with van der Waals surface area (Å²) in [5, 5.41) is 51.6. The van der Waals surface area contributed by atoms with Crippen molar-refractivity contribution in [3.8, 4) is 0 Å². The van der Waals surface area contributed by atoms with Crippen molar-refractivity contribution >= 4 is 161 Å². The van der Waals surface area contributed by atoms with Crippen molar-refractivity contribution in [1.29, 1.82) is 0 Å². The first-order valence-electron chi connectivity index (χ1n) is 48.7. The standard InChI is InChI=1S/C28H32F3N9S.C25H27FN8S.2C24H31N9S.8H2/c1-18-15-25(37-36-18)33-24-17-26(40-13-11-39(12-14-40)20-7-9-38(2)10-8-20)35-27(34-24)41-21-4-5-22-19(16-21)3-6-23(32-22)28(29,30)31;1-15-3-4-17-12-19(13-20(26)24(17)27-15)35-25-29-21(28-22-11-16(2)31-32-22)14-23(30-25)34-9-7-33(8-10-34)18-5-6-18;1-16-12-21(30-29-16)26-20-14-22(32-8-10-33(11-9-32)24(2,3)4)28-23(27-20)34-18-6-7-19-17(13-18)15-25-31(19)5;1-16-12-21(30-29-16)26-20-14-22(32-8-10-33(11-9-32)24(2,3)4)28-23(27-20)34-17-6-7-18-19(13-17)31(5)15-25-18;;;;;;;;/h3-6,15-17,20H,7-14H2,1-2H3,(H2,33,34,35,36,37);3-4,11-14,18H,5-10H2,1-2H3,(H2,28,29,30,31,32);2*6-7,12-15H,8-11H2,1-5H3,(H2,26,27,28,29,30);8*1H. The van der Waals surface area contributed by atoms with Crippen LogP contribution in [-0.4, -0.2) is 282 Å². The van der Waals surface area contributed by atoms with Gasteiger partial charge in [-0.25, -0.2) is 54.2 Å². The van der Waals surface area contributed by atoms with Crippen LogP contribution in [-0.2, 0) is 20.3 Å². The highest BCUT2D eigenvalue weighted by Crippen LogP contribution is 2.40. The second-order valence-corrected chi connectivity index (χ2v) is 43.5. The number of hydrogen-bond acceptors (Lipinski definition) is 33. The van der Waals surface area contributed by atoms with E-state index in [0.717, 1.165) is 252 Å². The number of aryl methyl sites for hydroxylation is 7. The van der Waals surface area contributed by atoms with Crippen molar-refractivity contribution in [2.45, 2.75) is 171 Å². The Kier molecular flexibility index (Phi) is 29.9. The summed E-state index contributed by atoms with van der Waals surface area (Å²) in [6, 6.07) is 44.5. The number of alkyl halides is 3. The van der Waals surface area contributed by atoms with Gasteiger partial charge in [-0.2, -0.15) is 38.7 Å². The molecule has 5 aliphatic heterocycles. The van der Waals surface area contributed by atoms with Crippen molar-refractivity contribution in [2.75, 3.05) is 166 Å². The average Bonchev–Trinajstić information content (AvgIpc) is 1.24. The van der Waals surface area contributed by atoms with Gasteiger partial charge < -0.3 is 50.3 Å². The van der Waals surface area contributed by atoms with Gasteiger partial charge in [0, 0.05) is 266 Å². The Bertz CT molecular complexity index is 7210. The maximum Gasteiger partial charge on any atom is 0.433 e. The molecule has 4 aromatic carbocycles. The number of pyridine rings is 2. The topological polar surface area (TPSA) is 357 Å². The molecule has 43 heteroatoms. The lowest BCUT2D eigenvalue weighted by atomic mass is 10.0. The number of rotatable bonds is 22. The molecular formula is C101H137F4N35S4. The Balaban J connectivity index is 0.000000189. The maximum atomic E-state index is 14.8. The third-order valence-corrected chi connectivity index (χ3v) is 29.7. The lowest BCUT2D eigenvalue weighted by Gasteiger charge is -2.42.